The second kappa shape index (κ2) is 7.40. The zero-order chi connectivity index (χ0) is 21.5. The molecule has 2 N–H and O–H groups in total. The Bertz CT molecular complexity index is 1020. The zero-order valence-corrected chi connectivity index (χ0v) is 18.2. The Labute approximate surface area is 177 Å². The topological polar surface area (TPSA) is 85.1 Å². The lowest BCUT2D eigenvalue weighted by Crippen LogP contribution is -2.60. The lowest BCUT2D eigenvalue weighted by atomic mass is 9.81. The third kappa shape index (κ3) is 4.46. The Balaban J connectivity index is 1.50. The van der Waals surface area contributed by atoms with E-state index in [-0.39, 0.29) is 22.9 Å². The molecule has 0 amide bonds. The number of benzene rings is 1. The summed E-state index contributed by atoms with van der Waals surface area (Å²) < 4.78 is 7.87. The van der Waals surface area contributed by atoms with Gasteiger partial charge in [0.05, 0.1) is 11.9 Å². The summed E-state index contributed by atoms with van der Waals surface area (Å²) in [6.07, 6.45) is 5.55. The number of phenolic OH excluding ortho intramolecular Hbond substituents is 1. The fourth-order valence-electron chi connectivity index (χ4n) is 4.51. The van der Waals surface area contributed by atoms with Crippen LogP contribution in [0, 0.1) is 0 Å². The van der Waals surface area contributed by atoms with E-state index in [0.717, 1.165) is 24.0 Å². The van der Waals surface area contributed by atoms with Crippen LogP contribution in [0.3, 0.4) is 0 Å². The molecule has 1 saturated heterocycles. The number of piperidine rings is 1. The minimum absolute atomic E-state index is 0.00158. The van der Waals surface area contributed by atoms with Crippen LogP contribution in [0.2, 0.25) is 0 Å². The van der Waals surface area contributed by atoms with E-state index in [1.165, 1.54) is 0 Å². The van der Waals surface area contributed by atoms with Crippen LogP contribution in [0.1, 0.15) is 40.5 Å². The number of nitrogens with one attached hydrogen (secondary N) is 1. The van der Waals surface area contributed by atoms with Gasteiger partial charge in [-0.2, -0.15) is 5.10 Å². The first-order chi connectivity index (χ1) is 14.1. The molecule has 3 aromatic rings. The smallest absolute Gasteiger partial charge is 0.233 e. The van der Waals surface area contributed by atoms with Gasteiger partial charge in [-0.1, -0.05) is 6.07 Å². The van der Waals surface area contributed by atoms with Crippen molar-refractivity contribution in [2.75, 3.05) is 0 Å². The van der Waals surface area contributed by atoms with Gasteiger partial charge in [-0.3, -0.25) is 4.68 Å². The van der Waals surface area contributed by atoms with Crippen molar-refractivity contribution in [3.05, 3.63) is 42.7 Å². The highest BCUT2D eigenvalue weighted by Crippen LogP contribution is 2.34. The highest BCUT2D eigenvalue weighted by Gasteiger charge is 2.38. The number of rotatable bonds is 4. The van der Waals surface area contributed by atoms with E-state index in [1.807, 2.05) is 37.5 Å². The number of hydrogen-bond donors (Lipinski definition) is 2. The average Bonchev–Trinajstić information content (AvgIpc) is 3.06. The summed E-state index contributed by atoms with van der Waals surface area (Å²) >= 11 is 0. The van der Waals surface area contributed by atoms with Crippen molar-refractivity contribution in [2.45, 2.75) is 57.7 Å². The fraction of sp³-hybridized carbons (Fsp3) is 0.435. The van der Waals surface area contributed by atoms with Crippen LogP contribution < -0.4 is 10.1 Å². The van der Waals surface area contributed by atoms with Crippen LogP contribution in [0.4, 0.5) is 0 Å². The summed E-state index contributed by atoms with van der Waals surface area (Å²) in [5.74, 6) is 0.657. The van der Waals surface area contributed by atoms with Gasteiger partial charge >= 0.3 is 0 Å². The Kier molecular flexibility index (Phi) is 5.02. The number of ether oxygens (including phenoxy) is 1. The summed E-state index contributed by atoms with van der Waals surface area (Å²) in [5, 5.41) is 26.9. The quantitative estimate of drug-likeness (QED) is 0.681. The van der Waals surface area contributed by atoms with Crippen LogP contribution in [-0.4, -0.2) is 42.3 Å². The lowest BCUT2D eigenvalue weighted by Gasteiger charge is -2.46. The van der Waals surface area contributed by atoms with Crippen LogP contribution in [0.5, 0.6) is 11.6 Å². The number of phenols is 1. The average molecular weight is 408 g/mol. The largest absolute Gasteiger partial charge is 0.507 e. The molecule has 0 atom stereocenters. The lowest BCUT2D eigenvalue weighted by molar-refractivity contribution is 0.0524. The van der Waals surface area contributed by atoms with Crippen molar-refractivity contribution in [3.63, 3.8) is 0 Å². The molecule has 0 spiro atoms. The molecule has 2 aromatic heterocycles. The van der Waals surface area contributed by atoms with Crippen molar-refractivity contribution < 1.29 is 9.84 Å². The third-order valence-electron chi connectivity index (χ3n) is 5.39. The molecule has 7 nitrogen and oxygen atoms in total. The molecule has 158 valence electrons. The van der Waals surface area contributed by atoms with Crippen molar-refractivity contribution >= 4 is 0 Å². The van der Waals surface area contributed by atoms with Gasteiger partial charge in [-0.25, -0.2) is 0 Å². The molecule has 1 aliphatic rings. The molecule has 3 heterocycles. The van der Waals surface area contributed by atoms with E-state index in [4.69, 9.17) is 4.74 Å². The molecule has 1 aliphatic heterocycles. The number of aromatic hydroxyl groups is 1. The van der Waals surface area contributed by atoms with Crippen LogP contribution >= 0.6 is 0 Å². The highest BCUT2D eigenvalue weighted by atomic mass is 16.5. The Morgan fingerprint density at radius 1 is 1.03 bits per heavy atom. The summed E-state index contributed by atoms with van der Waals surface area (Å²) in [5.41, 5.74) is 3.08. The van der Waals surface area contributed by atoms with Crippen LogP contribution in [0.25, 0.3) is 22.4 Å². The summed E-state index contributed by atoms with van der Waals surface area (Å²) in [4.78, 5) is 0. The number of aryl methyl sites for hydroxylation is 1. The van der Waals surface area contributed by atoms with Gasteiger partial charge in [0.25, 0.3) is 0 Å². The maximum atomic E-state index is 10.5. The standard InChI is InChI=1S/C23H29N5O2/c1-22(2)11-17(12-23(3,4)27-22)30-21-9-8-19(25-26-21)18-7-6-15(10-20(18)29)16-13-24-28(5)14-16/h6-10,13-14,17,27,29H,11-12H2,1-5H3. The molecule has 0 unspecified atom stereocenters. The van der Waals surface area contributed by atoms with Gasteiger partial charge < -0.3 is 15.2 Å². The SMILES string of the molecule is Cn1cc(-c2ccc(-c3ccc(OC4CC(C)(C)NC(C)(C)C4)nn3)c(O)c2)cn1. The monoisotopic (exact) mass is 407 g/mol. The van der Waals surface area contributed by atoms with Gasteiger partial charge in [-0.05, 0) is 51.5 Å². The van der Waals surface area contributed by atoms with E-state index in [1.54, 1.807) is 16.9 Å². The molecule has 1 aromatic carbocycles. The minimum atomic E-state index is 0.00158. The number of aromatic nitrogens is 4. The van der Waals surface area contributed by atoms with Crippen molar-refractivity contribution in [3.8, 4) is 34.0 Å². The highest BCUT2D eigenvalue weighted by molar-refractivity contribution is 5.73. The van der Waals surface area contributed by atoms with E-state index >= 15 is 0 Å². The van der Waals surface area contributed by atoms with Gasteiger partial charge in [0.1, 0.15) is 11.9 Å². The number of nitrogens with zero attached hydrogens (tertiary/aromatic N) is 4. The van der Waals surface area contributed by atoms with E-state index in [2.05, 4.69) is 48.3 Å². The van der Waals surface area contributed by atoms with E-state index in [9.17, 15) is 5.11 Å². The van der Waals surface area contributed by atoms with Gasteiger partial charge in [0, 0.05) is 54.4 Å². The molecule has 0 aliphatic carbocycles. The van der Waals surface area contributed by atoms with Gasteiger partial charge in [-0.15, -0.1) is 10.2 Å². The summed E-state index contributed by atoms with van der Waals surface area (Å²) in [6, 6.07) is 9.16. The summed E-state index contributed by atoms with van der Waals surface area (Å²) in [6.45, 7) is 8.77. The molecule has 7 heteroatoms. The first kappa shape index (κ1) is 20.3. The van der Waals surface area contributed by atoms with Crippen LogP contribution in [-0.2, 0) is 7.05 Å². The Morgan fingerprint density at radius 3 is 2.33 bits per heavy atom. The van der Waals surface area contributed by atoms with E-state index in [0.29, 0.717) is 17.1 Å². The van der Waals surface area contributed by atoms with Crippen LogP contribution in [0.15, 0.2) is 42.7 Å². The second-order valence-corrected chi connectivity index (χ2v) is 9.43. The first-order valence-electron chi connectivity index (χ1n) is 10.2. The van der Waals surface area contributed by atoms with Crippen molar-refractivity contribution in [1.29, 1.82) is 0 Å². The van der Waals surface area contributed by atoms with Crippen molar-refractivity contribution in [2.24, 2.45) is 7.05 Å². The second-order valence-electron chi connectivity index (χ2n) is 9.43. The Morgan fingerprint density at radius 2 is 1.77 bits per heavy atom. The zero-order valence-electron chi connectivity index (χ0n) is 18.2. The minimum Gasteiger partial charge on any atom is -0.507 e. The fourth-order valence-corrected chi connectivity index (χ4v) is 4.51. The predicted molar refractivity (Wildman–Crippen MR) is 116 cm³/mol. The maximum Gasteiger partial charge on any atom is 0.233 e. The predicted octanol–water partition coefficient (Wildman–Crippen LogP) is 3.94. The molecular weight excluding hydrogens is 378 g/mol. The normalized spacial score (nSPS) is 18.3. The molecule has 1 fully saturated rings. The van der Waals surface area contributed by atoms with E-state index < -0.39 is 0 Å². The van der Waals surface area contributed by atoms with Gasteiger partial charge in [0.15, 0.2) is 0 Å². The molecular formula is C23H29N5O2. The molecule has 4 rings (SSSR count). The molecule has 0 saturated carbocycles. The van der Waals surface area contributed by atoms with Crippen molar-refractivity contribution in [1.82, 2.24) is 25.3 Å². The third-order valence-corrected chi connectivity index (χ3v) is 5.39. The maximum absolute atomic E-state index is 10.5. The van der Waals surface area contributed by atoms with Gasteiger partial charge in [0.2, 0.25) is 5.88 Å². The first-order valence-corrected chi connectivity index (χ1v) is 10.2. The molecule has 30 heavy (non-hydrogen) atoms. The number of hydrogen-bond acceptors (Lipinski definition) is 6. The molecule has 0 bridgehead atoms. The molecule has 0 radical (unpaired) electrons. The summed E-state index contributed by atoms with van der Waals surface area (Å²) in [7, 11) is 1.86. The Hall–Kier alpha value is -2.93.